The molecule has 0 aromatic carbocycles. The molecule has 126 valence electrons. The summed E-state index contributed by atoms with van der Waals surface area (Å²) in [7, 11) is 1.94. The summed E-state index contributed by atoms with van der Waals surface area (Å²) in [4.78, 5) is 28.1. The second-order valence-corrected chi connectivity index (χ2v) is 6.98. The first-order valence-corrected chi connectivity index (χ1v) is 8.55. The van der Waals surface area contributed by atoms with Crippen LogP contribution in [0.2, 0.25) is 0 Å². The highest BCUT2D eigenvalue weighted by molar-refractivity contribution is 5.76. The number of aryl methyl sites for hydroxylation is 1. The zero-order valence-electron chi connectivity index (χ0n) is 14.1. The van der Waals surface area contributed by atoms with Gasteiger partial charge in [-0.05, 0) is 25.8 Å². The Morgan fingerprint density at radius 1 is 1.17 bits per heavy atom. The Morgan fingerprint density at radius 3 is 2.74 bits per heavy atom. The van der Waals surface area contributed by atoms with E-state index in [1.165, 1.54) is 0 Å². The van der Waals surface area contributed by atoms with Gasteiger partial charge in [0.15, 0.2) is 0 Å². The fraction of sp³-hybridized carbons (Fsp3) is 0.706. The van der Waals surface area contributed by atoms with Crippen molar-refractivity contribution in [3.8, 4) is 0 Å². The molecular formula is C17H26N4O2. The van der Waals surface area contributed by atoms with Gasteiger partial charge in [0, 0.05) is 51.1 Å². The van der Waals surface area contributed by atoms with Gasteiger partial charge in [-0.1, -0.05) is 6.42 Å². The van der Waals surface area contributed by atoms with Gasteiger partial charge in [-0.15, -0.1) is 0 Å². The van der Waals surface area contributed by atoms with Crippen LogP contribution < -0.4 is 5.56 Å². The Balaban J connectivity index is 1.50. The minimum atomic E-state index is -0.0249. The predicted molar refractivity (Wildman–Crippen MR) is 88.2 cm³/mol. The molecule has 23 heavy (non-hydrogen) atoms. The molecule has 2 fully saturated rings. The van der Waals surface area contributed by atoms with Crippen LogP contribution in [-0.4, -0.2) is 58.2 Å². The van der Waals surface area contributed by atoms with Gasteiger partial charge in [0.2, 0.25) is 5.91 Å². The summed E-state index contributed by atoms with van der Waals surface area (Å²) >= 11 is 0. The van der Waals surface area contributed by atoms with E-state index in [2.05, 4.69) is 10.00 Å². The fourth-order valence-electron chi connectivity index (χ4n) is 3.61. The van der Waals surface area contributed by atoms with E-state index < -0.39 is 0 Å². The number of nitrogens with zero attached hydrogens (tertiary/aromatic N) is 4. The molecule has 2 aliphatic heterocycles. The number of carbonyl (C=O) groups is 1. The number of carbonyl (C=O) groups excluding carboxylic acids is 1. The summed E-state index contributed by atoms with van der Waals surface area (Å²) in [6.45, 7) is 5.52. The lowest BCUT2D eigenvalue weighted by molar-refractivity contribution is -0.132. The molecule has 0 aliphatic carbocycles. The van der Waals surface area contributed by atoms with Crippen LogP contribution in [0.3, 0.4) is 0 Å². The van der Waals surface area contributed by atoms with E-state index in [0.717, 1.165) is 44.6 Å². The number of aromatic nitrogens is 2. The van der Waals surface area contributed by atoms with E-state index in [-0.39, 0.29) is 11.5 Å². The molecule has 2 saturated heterocycles. The summed E-state index contributed by atoms with van der Waals surface area (Å²) < 4.78 is 1.58. The van der Waals surface area contributed by atoms with Gasteiger partial charge in [-0.2, -0.15) is 5.10 Å². The highest BCUT2D eigenvalue weighted by Gasteiger charge is 2.32. The normalized spacial score (nSPS) is 23.7. The number of hydrogen-bond donors (Lipinski definition) is 0. The summed E-state index contributed by atoms with van der Waals surface area (Å²) in [5.41, 5.74) is 0.850. The van der Waals surface area contributed by atoms with E-state index in [1.54, 1.807) is 16.8 Å². The van der Waals surface area contributed by atoms with E-state index in [9.17, 15) is 9.59 Å². The molecule has 1 unspecified atom stereocenters. The van der Waals surface area contributed by atoms with Crippen LogP contribution in [-0.2, 0) is 11.3 Å². The molecule has 0 N–H and O–H groups in total. The zero-order chi connectivity index (χ0) is 16.4. The van der Waals surface area contributed by atoms with Crippen molar-refractivity contribution < 1.29 is 4.79 Å². The molecule has 1 amide bonds. The highest BCUT2D eigenvalue weighted by Crippen LogP contribution is 2.22. The number of likely N-dealkylation sites (tertiary alicyclic amines) is 2. The SMILES string of the molecule is Cc1ccc(=O)n(CC2CN(CC3CCCCC(=O)N3C)C2)n1. The fourth-order valence-corrected chi connectivity index (χ4v) is 3.61. The van der Waals surface area contributed by atoms with E-state index in [4.69, 9.17) is 0 Å². The van der Waals surface area contributed by atoms with E-state index in [1.807, 2.05) is 18.9 Å². The van der Waals surface area contributed by atoms with Crippen LogP contribution in [0.25, 0.3) is 0 Å². The standard InChI is InChI=1S/C17H26N4O2/c1-13-7-8-17(23)21(18-13)11-14-9-20(10-14)12-15-5-3-4-6-16(22)19(15)2/h7-8,14-15H,3-6,9-12H2,1-2H3. The van der Waals surface area contributed by atoms with Gasteiger partial charge < -0.3 is 9.80 Å². The van der Waals surface area contributed by atoms with Gasteiger partial charge >= 0.3 is 0 Å². The Labute approximate surface area is 137 Å². The summed E-state index contributed by atoms with van der Waals surface area (Å²) in [5, 5.41) is 4.30. The molecule has 6 heteroatoms. The lowest BCUT2D eigenvalue weighted by atomic mass is 9.98. The van der Waals surface area contributed by atoms with E-state index in [0.29, 0.717) is 24.9 Å². The maximum atomic E-state index is 11.9. The van der Waals surface area contributed by atoms with Crippen molar-refractivity contribution in [1.29, 1.82) is 0 Å². The largest absolute Gasteiger partial charge is 0.341 e. The average molecular weight is 318 g/mol. The van der Waals surface area contributed by atoms with Gasteiger partial charge in [-0.3, -0.25) is 9.59 Å². The highest BCUT2D eigenvalue weighted by atomic mass is 16.2. The van der Waals surface area contributed by atoms with Gasteiger partial charge in [-0.25, -0.2) is 4.68 Å². The van der Waals surface area contributed by atoms with Crippen molar-refractivity contribution >= 4 is 5.91 Å². The zero-order valence-corrected chi connectivity index (χ0v) is 14.1. The van der Waals surface area contributed by atoms with Crippen molar-refractivity contribution in [2.24, 2.45) is 5.92 Å². The Kier molecular flexibility index (Phi) is 4.80. The molecular weight excluding hydrogens is 292 g/mol. The van der Waals surface area contributed by atoms with Crippen LogP contribution in [0.1, 0.15) is 31.4 Å². The molecule has 0 spiro atoms. The Bertz CT molecular complexity index is 621. The molecule has 1 aromatic rings. The predicted octanol–water partition coefficient (Wildman–Crippen LogP) is 0.885. The molecule has 6 nitrogen and oxygen atoms in total. The van der Waals surface area contributed by atoms with Gasteiger partial charge in [0.05, 0.1) is 12.2 Å². The van der Waals surface area contributed by atoms with Crippen molar-refractivity contribution in [1.82, 2.24) is 19.6 Å². The summed E-state index contributed by atoms with van der Waals surface area (Å²) in [6, 6.07) is 3.68. The van der Waals surface area contributed by atoms with Crippen LogP contribution in [0, 0.1) is 12.8 Å². The molecule has 2 aliphatic rings. The van der Waals surface area contributed by atoms with Crippen molar-refractivity contribution in [3.05, 3.63) is 28.2 Å². The van der Waals surface area contributed by atoms with Gasteiger partial charge in [0.25, 0.3) is 5.56 Å². The first-order valence-electron chi connectivity index (χ1n) is 8.55. The lowest BCUT2D eigenvalue weighted by Gasteiger charge is -2.42. The van der Waals surface area contributed by atoms with Crippen molar-refractivity contribution in [2.45, 2.75) is 45.2 Å². The van der Waals surface area contributed by atoms with E-state index >= 15 is 0 Å². The van der Waals surface area contributed by atoms with Crippen LogP contribution in [0.5, 0.6) is 0 Å². The third-order valence-electron chi connectivity index (χ3n) is 5.05. The third-order valence-corrected chi connectivity index (χ3v) is 5.05. The first kappa shape index (κ1) is 16.2. The summed E-state index contributed by atoms with van der Waals surface area (Å²) in [5.74, 6) is 0.758. The molecule has 0 radical (unpaired) electrons. The van der Waals surface area contributed by atoms with Crippen LogP contribution in [0.4, 0.5) is 0 Å². The molecule has 0 bridgehead atoms. The quantitative estimate of drug-likeness (QED) is 0.827. The Morgan fingerprint density at radius 2 is 1.96 bits per heavy atom. The number of amides is 1. The second kappa shape index (κ2) is 6.83. The minimum absolute atomic E-state index is 0.0249. The number of rotatable bonds is 4. The molecule has 1 atom stereocenters. The topological polar surface area (TPSA) is 58.4 Å². The smallest absolute Gasteiger partial charge is 0.266 e. The monoisotopic (exact) mass is 318 g/mol. The number of hydrogen-bond acceptors (Lipinski definition) is 4. The molecule has 3 heterocycles. The maximum absolute atomic E-state index is 11.9. The minimum Gasteiger partial charge on any atom is -0.341 e. The van der Waals surface area contributed by atoms with Crippen LogP contribution >= 0.6 is 0 Å². The first-order chi connectivity index (χ1) is 11.0. The molecule has 0 saturated carbocycles. The Hall–Kier alpha value is -1.69. The molecule has 3 rings (SSSR count). The average Bonchev–Trinajstić information content (AvgIpc) is 2.64. The number of likely N-dealkylation sites (N-methyl/N-ethyl adjacent to an activating group) is 1. The van der Waals surface area contributed by atoms with Crippen LogP contribution in [0.15, 0.2) is 16.9 Å². The second-order valence-electron chi connectivity index (χ2n) is 6.98. The third kappa shape index (κ3) is 3.80. The van der Waals surface area contributed by atoms with Crippen molar-refractivity contribution in [3.63, 3.8) is 0 Å². The summed E-state index contributed by atoms with van der Waals surface area (Å²) in [6.07, 6.45) is 3.95. The lowest BCUT2D eigenvalue weighted by Crippen LogP contribution is -2.54. The molecule has 1 aromatic heterocycles. The van der Waals surface area contributed by atoms with Crippen molar-refractivity contribution in [2.75, 3.05) is 26.7 Å². The maximum Gasteiger partial charge on any atom is 0.266 e. The van der Waals surface area contributed by atoms with Gasteiger partial charge in [0.1, 0.15) is 0 Å².